The highest BCUT2D eigenvalue weighted by molar-refractivity contribution is 6.32. The summed E-state index contributed by atoms with van der Waals surface area (Å²) in [6.07, 6.45) is 1.05. The van der Waals surface area contributed by atoms with Crippen LogP contribution < -0.4 is 4.74 Å². The number of halogens is 1. The molecule has 20 heavy (non-hydrogen) atoms. The lowest BCUT2D eigenvalue weighted by Gasteiger charge is -2.08. The Morgan fingerprint density at radius 2 is 1.70 bits per heavy atom. The normalized spacial score (nSPS) is 10.3. The van der Waals surface area contributed by atoms with Crippen LogP contribution in [0, 0.1) is 13.8 Å². The van der Waals surface area contributed by atoms with Crippen LogP contribution in [0.3, 0.4) is 0 Å². The van der Waals surface area contributed by atoms with Crippen LogP contribution in [0.4, 0.5) is 0 Å². The Kier molecular flexibility index (Phi) is 4.80. The summed E-state index contributed by atoms with van der Waals surface area (Å²) >= 11 is 6.09. The quantitative estimate of drug-likeness (QED) is 0.612. The molecule has 0 N–H and O–H groups in total. The number of hydrogen-bond donors (Lipinski definition) is 0. The van der Waals surface area contributed by atoms with Gasteiger partial charge >= 0.3 is 5.97 Å². The minimum Gasteiger partial charge on any atom is -0.426 e. The lowest BCUT2D eigenvalue weighted by molar-refractivity contribution is -0.134. The number of aryl methyl sites for hydroxylation is 3. The lowest BCUT2D eigenvalue weighted by Crippen LogP contribution is -2.09. The van der Waals surface area contributed by atoms with Crippen molar-refractivity contribution in [2.45, 2.75) is 26.7 Å². The molecule has 0 aliphatic rings. The van der Waals surface area contributed by atoms with Crippen molar-refractivity contribution >= 4 is 17.6 Å². The molecule has 0 bridgehead atoms. The Balaban J connectivity index is 1.95. The maximum Gasteiger partial charge on any atom is 0.311 e. The standard InChI is InChI=1S/C17H17ClO2/c1-12-10-15(11-13(2)17(12)18)20-16(19)9-8-14-6-4-3-5-7-14/h3-7,10-11H,8-9H2,1-2H3. The van der Waals surface area contributed by atoms with Crippen LogP contribution in [-0.2, 0) is 11.2 Å². The van der Waals surface area contributed by atoms with Gasteiger partial charge < -0.3 is 4.74 Å². The first kappa shape index (κ1) is 14.6. The van der Waals surface area contributed by atoms with E-state index in [0.717, 1.165) is 16.7 Å². The number of carbonyl (C=O) groups excluding carboxylic acids is 1. The first-order valence-corrected chi connectivity index (χ1v) is 6.95. The third-order valence-corrected chi connectivity index (χ3v) is 3.70. The average molecular weight is 289 g/mol. The van der Waals surface area contributed by atoms with Gasteiger partial charge in [0.2, 0.25) is 0 Å². The van der Waals surface area contributed by atoms with Crippen molar-refractivity contribution in [1.29, 1.82) is 0 Å². The lowest BCUT2D eigenvalue weighted by atomic mass is 10.1. The number of hydrogen-bond acceptors (Lipinski definition) is 2. The molecular formula is C17H17ClO2. The summed E-state index contributed by atoms with van der Waals surface area (Å²) in [5, 5.41) is 0.717. The van der Waals surface area contributed by atoms with Gasteiger partial charge in [-0.25, -0.2) is 0 Å². The average Bonchev–Trinajstić information content (AvgIpc) is 2.43. The molecule has 0 heterocycles. The molecule has 0 saturated heterocycles. The van der Waals surface area contributed by atoms with Crippen molar-refractivity contribution in [3.63, 3.8) is 0 Å². The highest BCUT2D eigenvalue weighted by atomic mass is 35.5. The maximum absolute atomic E-state index is 11.8. The smallest absolute Gasteiger partial charge is 0.311 e. The van der Waals surface area contributed by atoms with Gasteiger partial charge in [-0.15, -0.1) is 0 Å². The molecule has 0 aliphatic heterocycles. The van der Waals surface area contributed by atoms with E-state index in [9.17, 15) is 4.79 Å². The second-order valence-corrected chi connectivity index (χ2v) is 5.21. The van der Waals surface area contributed by atoms with Crippen LogP contribution in [0.25, 0.3) is 0 Å². The minimum absolute atomic E-state index is 0.227. The highest BCUT2D eigenvalue weighted by Gasteiger charge is 2.08. The van der Waals surface area contributed by atoms with Crippen LogP contribution in [-0.4, -0.2) is 5.97 Å². The Bertz CT molecular complexity index is 583. The molecule has 0 amide bonds. The predicted molar refractivity (Wildman–Crippen MR) is 81.3 cm³/mol. The number of carbonyl (C=O) groups is 1. The predicted octanol–water partition coefficient (Wildman–Crippen LogP) is 4.50. The fourth-order valence-corrected chi connectivity index (χ4v) is 2.15. The second kappa shape index (κ2) is 6.58. The first-order valence-electron chi connectivity index (χ1n) is 6.57. The molecule has 0 saturated carbocycles. The third kappa shape index (κ3) is 3.84. The van der Waals surface area contributed by atoms with E-state index in [1.54, 1.807) is 12.1 Å². The fraction of sp³-hybridized carbons (Fsp3) is 0.235. The van der Waals surface area contributed by atoms with Gasteiger partial charge in [-0.1, -0.05) is 41.9 Å². The van der Waals surface area contributed by atoms with E-state index in [1.165, 1.54) is 0 Å². The van der Waals surface area contributed by atoms with Gasteiger partial charge in [0.25, 0.3) is 0 Å². The monoisotopic (exact) mass is 288 g/mol. The first-order chi connectivity index (χ1) is 9.56. The molecule has 0 radical (unpaired) electrons. The molecule has 2 rings (SSSR count). The Morgan fingerprint density at radius 1 is 1.10 bits per heavy atom. The van der Waals surface area contributed by atoms with Crippen LogP contribution in [0.15, 0.2) is 42.5 Å². The van der Waals surface area contributed by atoms with E-state index in [1.807, 2.05) is 44.2 Å². The summed E-state index contributed by atoms with van der Waals surface area (Å²) in [6.45, 7) is 3.80. The SMILES string of the molecule is Cc1cc(OC(=O)CCc2ccccc2)cc(C)c1Cl. The van der Waals surface area contributed by atoms with Crippen molar-refractivity contribution in [3.05, 3.63) is 64.2 Å². The zero-order chi connectivity index (χ0) is 14.5. The largest absolute Gasteiger partial charge is 0.426 e. The number of ether oxygens (including phenoxy) is 1. The van der Waals surface area contributed by atoms with E-state index in [0.29, 0.717) is 23.6 Å². The maximum atomic E-state index is 11.8. The molecule has 2 aromatic carbocycles. The Labute approximate surface area is 124 Å². The van der Waals surface area contributed by atoms with Crippen molar-refractivity contribution in [1.82, 2.24) is 0 Å². The summed E-state index contributed by atoms with van der Waals surface area (Å²) in [5.74, 6) is 0.331. The molecule has 0 atom stereocenters. The van der Waals surface area contributed by atoms with E-state index in [2.05, 4.69) is 0 Å². The van der Waals surface area contributed by atoms with Gasteiger partial charge in [-0.05, 0) is 49.1 Å². The molecule has 3 heteroatoms. The molecule has 0 aliphatic carbocycles. The third-order valence-electron chi connectivity index (χ3n) is 3.10. The van der Waals surface area contributed by atoms with E-state index in [-0.39, 0.29) is 5.97 Å². The molecule has 0 fully saturated rings. The van der Waals surface area contributed by atoms with Gasteiger partial charge in [0.05, 0.1) is 0 Å². The van der Waals surface area contributed by atoms with Crippen LogP contribution in [0.1, 0.15) is 23.1 Å². The summed E-state index contributed by atoms with van der Waals surface area (Å²) < 4.78 is 5.36. The summed E-state index contributed by atoms with van der Waals surface area (Å²) in [7, 11) is 0. The van der Waals surface area contributed by atoms with Crippen LogP contribution >= 0.6 is 11.6 Å². The molecule has 2 aromatic rings. The van der Waals surface area contributed by atoms with Crippen molar-refractivity contribution < 1.29 is 9.53 Å². The molecular weight excluding hydrogens is 272 g/mol. The van der Waals surface area contributed by atoms with E-state index < -0.39 is 0 Å². The van der Waals surface area contributed by atoms with E-state index >= 15 is 0 Å². The molecule has 0 unspecified atom stereocenters. The van der Waals surface area contributed by atoms with Crippen LogP contribution in [0.2, 0.25) is 5.02 Å². The molecule has 104 valence electrons. The summed E-state index contributed by atoms with van der Waals surface area (Å²) in [4.78, 5) is 11.8. The zero-order valence-electron chi connectivity index (χ0n) is 11.7. The molecule has 0 aromatic heterocycles. The fourth-order valence-electron chi connectivity index (χ4n) is 2.04. The van der Waals surface area contributed by atoms with Gasteiger partial charge in [0, 0.05) is 11.4 Å². The zero-order valence-corrected chi connectivity index (χ0v) is 12.4. The molecule has 0 spiro atoms. The Hall–Kier alpha value is -1.80. The number of benzene rings is 2. The van der Waals surface area contributed by atoms with Crippen molar-refractivity contribution in [2.75, 3.05) is 0 Å². The topological polar surface area (TPSA) is 26.3 Å². The van der Waals surface area contributed by atoms with Gasteiger partial charge in [-0.3, -0.25) is 4.79 Å². The number of rotatable bonds is 4. The van der Waals surface area contributed by atoms with Crippen molar-refractivity contribution in [3.8, 4) is 5.75 Å². The second-order valence-electron chi connectivity index (χ2n) is 4.83. The Morgan fingerprint density at radius 3 is 2.30 bits per heavy atom. The van der Waals surface area contributed by atoms with Gasteiger partial charge in [0.15, 0.2) is 0 Å². The highest BCUT2D eigenvalue weighted by Crippen LogP contribution is 2.26. The van der Waals surface area contributed by atoms with Crippen LogP contribution in [0.5, 0.6) is 5.75 Å². The minimum atomic E-state index is -0.227. The number of esters is 1. The van der Waals surface area contributed by atoms with Gasteiger partial charge in [-0.2, -0.15) is 0 Å². The summed E-state index contributed by atoms with van der Waals surface area (Å²) in [6, 6.07) is 13.5. The summed E-state index contributed by atoms with van der Waals surface area (Å²) in [5.41, 5.74) is 2.96. The van der Waals surface area contributed by atoms with Gasteiger partial charge in [0.1, 0.15) is 5.75 Å². The molecule has 2 nitrogen and oxygen atoms in total. The van der Waals surface area contributed by atoms with Crippen molar-refractivity contribution in [2.24, 2.45) is 0 Å². The van der Waals surface area contributed by atoms with E-state index in [4.69, 9.17) is 16.3 Å².